The van der Waals surface area contributed by atoms with Crippen molar-refractivity contribution in [2.45, 2.75) is 18.9 Å². The SMILES string of the molecule is COCC(=O)NC1CCN(C(=O)CSCC(=O)O)CC1. The first-order chi connectivity index (χ1) is 9.52. The highest BCUT2D eigenvalue weighted by atomic mass is 32.2. The van der Waals surface area contributed by atoms with Gasteiger partial charge < -0.3 is 20.1 Å². The number of amides is 2. The summed E-state index contributed by atoms with van der Waals surface area (Å²) in [5.74, 6) is -0.975. The van der Waals surface area contributed by atoms with E-state index < -0.39 is 5.97 Å². The molecule has 2 N–H and O–H groups in total. The lowest BCUT2D eigenvalue weighted by molar-refractivity contribution is -0.134. The summed E-state index contributed by atoms with van der Waals surface area (Å²) in [6, 6.07) is 0.0772. The van der Waals surface area contributed by atoms with Crippen LogP contribution < -0.4 is 5.32 Å². The molecule has 0 bridgehead atoms. The van der Waals surface area contributed by atoms with E-state index in [1.54, 1.807) is 4.90 Å². The van der Waals surface area contributed by atoms with Crippen molar-refractivity contribution in [1.82, 2.24) is 10.2 Å². The van der Waals surface area contributed by atoms with Gasteiger partial charge in [0.1, 0.15) is 6.61 Å². The van der Waals surface area contributed by atoms with E-state index in [9.17, 15) is 14.4 Å². The quantitative estimate of drug-likeness (QED) is 0.662. The molecule has 0 aromatic rings. The fourth-order valence-corrected chi connectivity index (χ4v) is 2.62. The zero-order valence-electron chi connectivity index (χ0n) is 11.5. The number of methoxy groups -OCH3 is 1. The van der Waals surface area contributed by atoms with Crippen molar-refractivity contribution < 1.29 is 24.2 Å². The van der Waals surface area contributed by atoms with Crippen LogP contribution in [0.3, 0.4) is 0 Å². The van der Waals surface area contributed by atoms with Gasteiger partial charge in [-0.1, -0.05) is 0 Å². The van der Waals surface area contributed by atoms with Gasteiger partial charge in [0.05, 0.1) is 11.5 Å². The van der Waals surface area contributed by atoms with Crippen LogP contribution in [0.5, 0.6) is 0 Å². The first kappa shape index (κ1) is 16.8. The molecule has 1 fully saturated rings. The van der Waals surface area contributed by atoms with Crippen LogP contribution in [0.4, 0.5) is 0 Å². The topological polar surface area (TPSA) is 95.9 Å². The van der Waals surface area contributed by atoms with E-state index in [1.165, 1.54) is 7.11 Å². The summed E-state index contributed by atoms with van der Waals surface area (Å²) in [6.45, 7) is 1.22. The summed E-state index contributed by atoms with van der Waals surface area (Å²) < 4.78 is 4.74. The molecular weight excluding hydrogens is 284 g/mol. The van der Waals surface area contributed by atoms with E-state index in [0.29, 0.717) is 25.9 Å². The highest BCUT2D eigenvalue weighted by Crippen LogP contribution is 2.12. The third kappa shape index (κ3) is 6.25. The number of thioether (sulfide) groups is 1. The number of nitrogens with one attached hydrogen (secondary N) is 1. The highest BCUT2D eigenvalue weighted by molar-refractivity contribution is 8.00. The third-order valence-electron chi connectivity index (χ3n) is 2.94. The van der Waals surface area contributed by atoms with Crippen molar-refractivity contribution in [2.24, 2.45) is 0 Å². The summed E-state index contributed by atoms with van der Waals surface area (Å²) in [4.78, 5) is 35.2. The van der Waals surface area contributed by atoms with Gasteiger partial charge in [-0.05, 0) is 12.8 Å². The zero-order valence-corrected chi connectivity index (χ0v) is 12.3. The number of piperidine rings is 1. The van der Waals surface area contributed by atoms with Crippen LogP contribution in [-0.4, -0.2) is 72.1 Å². The van der Waals surface area contributed by atoms with Crippen molar-refractivity contribution in [2.75, 3.05) is 38.3 Å². The van der Waals surface area contributed by atoms with Crippen molar-refractivity contribution in [3.8, 4) is 0 Å². The van der Waals surface area contributed by atoms with Gasteiger partial charge >= 0.3 is 5.97 Å². The minimum absolute atomic E-state index is 0.0436. The minimum atomic E-state index is -0.914. The Kier molecular flexibility index (Phi) is 7.38. The average Bonchev–Trinajstić information content (AvgIpc) is 2.39. The maximum atomic E-state index is 11.8. The summed E-state index contributed by atoms with van der Waals surface area (Å²) in [7, 11) is 1.47. The van der Waals surface area contributed by atoms with Gasteiger partial charge in [0.25, 0.3) is 0 Å². The second-order valence-electron chi connectivity index (χ2n) is 4.54. The summed E-state index contributed by atoms with van der Waals surface area (Å²) in [6.07, 6.45) is 1.43. The molecule has 0 aliphatic carbocycles. The third-order valence-corrected chi connectivity index (χ3v) is 3.84. The number of carboxylic acids is 1. The molecular formula is C12H20N2O5S. The van der Waals surface area contributed by atoms with Gasteiger partial charge in [0.2, 0.25) is 11.8 Å². The lowest BCUT2D eigenvalue weighted by Crippen LogP contribution is -2.47. The summed E-state index contributed by atoms with van der Waals surface area (Å²) in [5.41, 5.74) is 0. The molecule has 1 heterocycles. The summed E-state index contributed by atoms with van der Waals surface area (Å²) >= 11 is 1.10. The van der Waals surface area contributed by atoms with Crippen molar-refractivity contribution in [3.63, 3.8) is 0 Å². The number of hydrogen-bond donors (Lipinski definition) is 2. The smallest absolute Gasteiger partial charge is 0.313 e. The van der Waals surface area contributed by atoms with Crippen LogP contribution in [0.25, 0.3) is 0 Å². The first-order valence-corrected chi connectivity index (χ1v) is 7.54. The fourth-order valence-electron chi connectivity index (χ4n) is 1.99. The number of hydrogen-bond acceptors (Lipinski definition) is 5. The van der Waals surface area contributed by atoms with E-state index in [-0.39, 0.29) is 36.0 Å². The van der Waals surface area contributed by atoms with Gasteiger partial charge in [-0.2, -0.15) is 0 Å². The molecule has 0 atom stereocenters. The van der Waals surface area contributed by atoms with Crippen LogP contribution in [0, 0.1) is 0 Å². The van der Waals surface area contributed by atoms with E-state index in [1.807, 2.05) is 0 Å². The molecule has 1 aliphatic heterocycles. The number of likely N-dealkylation sites (tertiary alicyclic amines) is 1. The lowest BCUT2D eigenvalue weighted by Gasteiger charge is -2.32. The van der Waals surface area contributed by atoms with E-state index in [2.05, 4.69) is 5.32 Å². The zero-order chi connectivity index (χ0) is 15.0. The molecule has 0 unspecified atom stereocenters. The lowest BCUT2D eigenvalue weighted by atomic mass is 10.1. The normalized spacial score (nSPS) is 15.9. The first-order valence-electron chi connectivity index (χ1n) is 6.38. The molecule has 0 radical (unpaired) electrons. The number of aliphatic carboxylic acids is 1. The van der Waals surface area contributed by atoms with Gasteiger partial charge in [-0.25, -0.2) is 0 Å². The van der Waals surface area contributed by atoms with Gasteiger partial charge in [0.15, 0.2) is 0 Å². The Balaban J connectivity index is 2.22. The molecule has 0 spiro atoms. The molecule has 114 valence electrons. The Morgan fingerprint density at radius 2 is 1.95 bits per heavy atom. The monoisotopic (exact) mass is 304 g/mol. The number of nitrogens with zero attached hydrogens (tertiary/aromatic N) is 1. The molecule has 0 aromatic carbocycles. The van der Waals surface area contributed by atoms with Crippen molar-refractivity contribution in [3.05, 3.63) is 0 Å². The molecule has 8 heteroatoms. The van der Waals surface area contributed by atoms with Crippen LogP contribution in [0.1, 0.15) is 12.8 Å². The standard InChI is InChI=1S/C12H20N2O5S/c1-19-6-10(15)13-9-2-4-14(5-3-9)11(16)7-20-8-12(17)18/h9H,2-8H2,1H3,(H,13,15)(H,17,18). The van der Waals surface area contributed by atoms with E-state index in [0.717, 1.165) is 11.8 Å². The number of carboxylic acid groups (broad SMARTS) is 1. The van der Waals surface area contributed by atoms with Gasteiger partial charge in [0, 0.05) is 26.2 Å². The Morgan fingerprint density at radius 1 is 1.30 bits per heavy atom. The van der Waals surface area contributed by atoms with Crippen LogP contribution in [0.2, 0.25) is 0 Å². The summed E-state index contributed by atoms with van der Waals surface area (Å²) in [5, 5.41) is 11.4. The molecule has 0 saturated carbocycles. The van der Waals surface area contributed by atoms with Gasteiger partial charge in [-0.15, -0.1) is 11.8 Å². The maximum absolute atomic E-state index is 11.8. The maximum Gasteiger partial charge on any atom is 0.313 e. The average molecular weight is 304 g/mol. The molecule has 0 aromatic heterocycles. The second kappa shape index (κ2) is 8.80. The Labute approximate surface area is 122 Å². The predicted octanol–water partition coefficient (Wildman–Crippen LogP) is -0.442. The van der Waals surface area contributed by atoms with Crippen molar-refractivity contribution >= 4 is 29.5 Å². The molecule has 2 amide bonds. The Bertz CT molecular complexity index is 356. The number of carbonyl (C=O) groups excluding carboxylic acids is 2. The number of rotatable bonds is 7. The van der Waals surface area contributed by atoms with Gasteiger partial charge in [-0.3, -0.25) is 14.4 Å². The molecule has 20 heavy (non-hydrogen) atoms. The van der Waals surface area contributed by atoms with E-state index in [4.69, 9.17) is 9.84 Å². The highest BCUT2D eigenvalue weighted by Gasteiger charge is 2.23. The van der Waals surface area contributed by atoms with Crippen LogP contribution in [-0.2, 0) is 19.1 Å². The molecule has 1 aliphatic rings. The second-order valence-corrected chi connectivity index (χ2v) is 5.53. The Morgan fingerprint density at radius 3 is 2.50 bits per heavy atom. The largest absolute Gasteiger partial charge is 0.481 e. The molecule has 7 nitrogen and oxygen atoms in total. The van der Waals surface area contributed by atoms with Crippen LogP contribution >= 0.6 is 11.8 Å². The predicted molar refractivity (Wildman–Crippen MR) is 74.6 cm³/mol. The van der Waals surface area contributed by atoms with E-state index >= 15 is 0 Å². The minimum Gasteiger partial charge on any atom is -0.481 e. The molecule has 1 rings (SSSR count). The molecule has 1 saturated heterocycles. The fraction of sp³-hybridized carbons (Fsp3) is 0.750. The van der Waals surface area contributed by atoms with Crippen molar-refractivity contribution in [1.29, 1.82) is 0 Å². The Hall–Kier alpha value is -1.28. The number of ether oxygens (including phenoxy) is 1. The number of carbonyl (C=O) groups is 3. The van der Waals surface area contributed by atoms with Crippen LogP contribution in [0.15, 0.2) is 0 Å².